The van der Waals surface area contributed by atoms with Gasteiger partial charge in [0.15, 0.2) is 0 Å². The van der Waals surface area contributed by atoms with Crippen LogP contribution in [-0.4, -0.2) is 28.0 Å². The summed E-state index contributed by atoms with van der Waals surface area (Å²) in [5.41, 5.74) is -3.48. The van der Waals surface area contributed by atoms with Crippen LogP contribution in [0.2, 0.25) is 0 Å². The molecular formula is C21H16F3N3O3S2. The molecule has 0 unspecified atom stereocenters. The van der Waals surface area contributed by atoms with Gasteiger partial charge in [-0.2, -0.15) is 13.2 Å². The highest BCUT2D eigenvalue weighted by molar-refractivity contribution is 7.92. The molecule has 2 aromatic carbocycles. The molecule has 0 aliphatic rings. The van der Waals surface area contributed by atoms with Gasteiger partial charge in [0.05, 0.1) is 28.3 Å². The molecule has 0 saturated carbocycles. The Balaban J connectivity index is 1.77. The average Bonchev–Trinajstić information content (AvgIpc) is 2.96. The van der Waals surface area contributed by atoms with Crippen molar-refractivity contribution in [3.05, 3.63) is 82.5 Å². The Kier molecular flexibility index (Phi) is 5.41. The Morgan fingerprint density at radius 3 is 2.34 bits per heavy atom. The number of alkyl halides is 3. The van der Waals surface area contributed by atoms with Crippen LogP contribution < -0.4 is 5.69 Å². The highest BCUT2D eigenvalue weighted by atomic mass is 32.2. The quantitative estimate of drug-likeness (QED) is 0.447. The van der Waals surface area contributed by atoms with Crippen molar-refractivity contribution in [2.75, 3.05) is 0 Å². The van der Waals surface area contributed by atoms with Crippen LogP contribution >= 0.6 is 12.6 Å². The second-order valence-corrected chi connectivity index (χ2v) is 9.41. The highest BCUT2D eigenvalue weighted by Crippen LogP contribution is 2.31. The van der Waals surface area contributed by atoms with Crippen LogP contribution in [0.1, 0.15) is 11.3 Å². The van der Waals surface area contributed by atoms with Crippen LogP contribution in [0.3, 0.4) is 0 Å². The van der Waals surface area contributed by atoms with Crippen LogP contribution in [0.15, 0.2) is 75.5 Å². The zero-order valence-electron chi connectivity index (χ0n) is 16.5. The third kappa shape index (κ3) is 3.61. The van der Waals surface area contributed by atoms with Crippen molar-refractivity contribution in [1.29, 1.82) is 0 Å². The van der Waals surface area contributed by atoms with Crippen LogP contribution in [0.5, 0.6) is 0 Å². The molecule has 0 saturated heterocycles. The van der Waals surface area contributed by atoms with E-state index in [9.17, 15) is 26.4 Å². The lowest BCUT2D eigenvalue weighted by atomic mass is 10.1. The zero-order chi connectivity index (χ0) is 23.3. The Labute approximate surface area is 186 Å². The lowest BCUT2D eigenvalue weighted by Gasteiger charge is -2.09. The van der Waals surface area contributed by atoms with E-state index in [4.69, 9.17) is 0 Å². The minimum Gasteiger partial charge on any atom is -0.291 e. The average molecular weight is 480 g/mol. The van der Waals surface area contributed by atoms with Crippen molar-refractivity contribution in [1.82, 2.24) is 14.1 Å². The van der Waals surface area contributed by atoms with E-state index in [0.717, 1.165) is 40.7 Å². The van der Waals surface area contributed by atoms with E-state index in [1.807, 2.05) is 24.3 Å². The number of rotatable bonds is 4. The molecule has 0 radical (unpaired) electrons. The van der Waals surface area contributed by atoms with E-state index in [2.05, 4.69) is 17.6 Å². The first-order chi connectivity index (χ1) is 15.0. The normalized spacial score (nSPS) is 12.4. The molecule has 0 atom stereocenters. The third-order valence-corrected chi connectivity index (χ3v) is 7.17. The van der Waals surface area contributed by atoms with Crippen LogP contribution in [-0.2, 0) is 16.4 Å². The molecule has 11 heteroatoms. The summed E-state index contributed by atoms with van der Waals surface area (Å²) in [6.45, 7) is 1.93. The van der Waals surface area contributed by atoms with Gasteiger partial charge in [0.1, 0.15) is 5.03 Å². The highest BCUT2D eigenvalue weighted by Gasteiger charge is 2.46. The van der Waals surface area contributed by atoms with E-state index < -0.39 is 25.9 Å². The monoisotopic (exact) mass is 479 g/mol. The van der Waals surface area contributed by atoms with Crippen LogP contribution in [0, 0.1) is 6.92 Å². The van der Waals surface area contributed by atoms with Gasteiger partial charge in [0, 0.05) is 11.6 Å². The number of nitrogens with zero attached hydrogens (tertiary/aromatic N) is 3. The Hall–Kier alpha value is -3.05. The van der Waals surface area contributed by atoms with Gasteiger partial charge in [0.2, 0.25) is 0 Å². The lowest BCUT2D eigenvalue weighted by Crippen LogP contribution is -2.25. The number of fused-ring (bicyclic) bond motifs is 1. The number of imidazole rings is 1. The fourth-order valence-corrected chi connectivity index (χ4v) is 4.51. The molecule has 166 valence electrons. The van der Waals surface area contributed by atoms with Gasteiger partial charge in [-0.15, -0.1) is 12.6 Å². The molecule has 4 aromatic rings. The van der Waals surface area contributed by atoms with Gasteiger partial charge in [-0.05, 0) is 48.9 Å². The Morgan fingerprint density at radius 2 is 1.69 bits per heavy atom. The molecule has 2 heterocycles. The smallest absolute Gasteiger partial charge is 0.291 e. The fourth-order valence-electron chi connectivity index (χ4n) is 3.43. The number of benzene rings is 2. The molecule has 2 aromatic heterocycles. The second-order valence-electron chi connectivity index (χ2n) is 7.04. The van der Waals surface area contributed by atoms with Gasteiger partial charge in [0.25, 0.3) is 9.84 Å². The molecule has 0 spiro atoms. The first-order valence-corrected chi connectivity index (χ1v) is 11.2. The molecule has 4 rings (SSSR count). The molecule has 0 N–H and O–H groups in total. The van der Waals surface area contributed by atoms with Gasteiger partial charge in [-0.3, -0.25) is 14.1 Å². The molecule has 0 aliphatic carbocycles. The summed E-state index contributed by atoms with van der Waals surface area (Å²) >= 11 is 4.41. The second kappa shape index (κ2) is 7.82. The van der Waals surface area contributed by atoms with Gasteiger partial charge >= 0.3 is 11.2 Å². The number of para-hydroxylation sites is 1. The summed E-state index contributed by atoms with van der Waals surface area (Å²) in [5, 5.41) is 1.18. The molecule has 0 aliphatic heterocycles. The number of aromatic nitrogens is 3. The molecule has 0 amide bonds. The summed E-state index contributed by atoms with van der Waals surface area (Å²) < 4.78 is 64.2. The molecule has 32 heavy (non-hydrogen) atoms. The van der Waals surface area contributed by atoms with E-state index in [1.165, 1.54) is 9.13 Å². The summed E-state index contributed by atoms with van der Waals surface area (Å²) in [7, 11) is -5.48. The fraction of sp³-hybridized carbons (Fsp3) is 0.143. The van der Waals surface area contributed by atoms with Gasteiger partial charge in [-0.1, -0.05) is 18.2 Å². The van der Waals surface area contributed by atoms with E-state index in [1.54, 1.807) is 19.2 Å². The zero-order valence-corrected chi connectivity index (χ0v) is 18.2. The third-order valence-electron chi connectivity index (χ3n) is 5.14. The Bertz CT molecular complexity index is 1480. The minimum absolute atomic E-state index is 0.197. The van der Waals surface area contributed by atoms with Crippen molar-refractivity contribution in [2.24, 2.45) is 0 Å². The standard InChI is InChI=1S/C21H16F3N3O3S2/c1-13-19(31)27(15-6-8-16(9-7-15)32(29,30)21(22,23)24)20(28)26(13)12-14-10-11-25-18-5-3-2-4-17(14)18/h2-11,31H,12H2,1H3. The maximum Gasteiger partial charge on any atom is 0.501 e. The van der Waals surface area contributed by atoms with Crippen molar-refractivity contribution in [3.8, 4) is 5.69 Å². The van der Waals surface area contributed by atoms with E-state index in [-0.39, 0.29) is 12.2 Å². The van der Waals surface area contributed by atoms with Gasteiger partial charge < -0.3 is 0 Å². The molecule has 0 bridgehead atoms. The maximum absolute atomic E-state index is 13.2. The SMILES string of the molecule is Cc1c(S)n(-c2ccc(S(=O)(=O)C(F)(F)F)cc2)c(=O)n1Cc1ccnc2ccccc12. The summed E-state index contributed by atoms with van der Waals surface area (Å²) in [5.74, 6) is 0. The maximum atomic E-state index is 13.2. The minimum atomic E-state index is -5.48. The number of pyridine rings is 1. The van der Waals surface area contributed by atoms with Gasteiger partial charge in [-0.25, -0.2) is 13.2 Å². The summed E-state index contributed by atoms with van der Waals surface area (Å²) in [6.07, 6.45) is 1.65. The molecule has 6 nitrogen and oxygen atoms in total. The first-order valence-electron chi connectivity index (χ1n) is 9.28. The van der Waals surface area contributed by atoms with Crippen molar-refractivity contribution in [3.63, 3.8) is 0 Å². The van der Waals surface area contributed by atoms with E-state index >= 15 is 0 Å². The topological polar surface area (TPSA) is 74.0 Å². The van der Waals surface area contributed by atoms with Crippen LogP contribution in [0.25, 0.3) is 16.6 Å². The summed E-state index contributed by atoms with van der Waals surface area (Å²) in [4.78, 5) is 16.6. The van der Waals surface area contributed by atoms with Crippen molar-refractivity contribution >= 4 is 33.4 Å². The number of hydrogen-bond acceptors (Lipinski definition) is 5. The lowest BCUT2D eigenvalue weighted by molar-refractivity contribution is -0.0436. The first kappa shape index (κ1) is 22.2. The predicted molar refractivity (Wildman–Crippen MR) is 116 cm³/mol. The van der Waals surface area contributed by atoms with Crippen molar-refractivity contribution in [2.45, 2.75) is 28.9 Å². The molecular weight excluding hydrogens is 463 g/mol. The Morgan fingerprint density at radius 1 is 1.03 bits per heavy atom. The molecule has 0 fully saturated rings. The predicted octanol–water partition coefficient (Wildman–Crippen LogP) is 4.13. The van der Waals surface area contributed by atoms with Crippen molar-refractivity contribution < 1.29 is 21.6 Å². The number of thiol groups is 1. The number of halogens is 3. The van der Waals surface area contributed by atoms with E-state index in [0.29, 0.717) is 10.7 Å². The number of sulfone groups is 1. The summed E-state index contributed by atoms with van der Waals surface area (Å²) in [6, 6.07) is 13.2. The largest absolute Gasteiger partial charge is 0.501 e. The van der Waals surface area contributed by atoms with Crippen LogP contribution in [0.4, 0.5) is 13.2 Å². The number of hydrogen-bond donors (Lipinski definition) is 1.